The van der Waals surface area contributed by atoms with Crippen LogP contribution in [0, 0.1) is 0 Å². The topological polar surface area (TPSA) is 53.1 Å². The minimum absolute atomic E-state index is 0. The maximum absolute atomic E-state index is 12.1. The van der Waals surface area contributed by atoms with Crippen LogP contribution in [0.3, 0.4) is 0 Å². The van der Waals surface area contributed by atoms with Gasteiger partial charge in [-0.05, 0) is 17.7 Å². The van der Waals surface area contributed by atoms with E-state index in [2.05, 4.69) is 9.84 Å². The smallest absolute Gasteiger partial charge is 0.406 e. The van der Waals surface area contributed by atoms with Gasteiger partial charge in [-0.3, -0.25) is 4.68 Å². The molecule has 2 aromatic rings. The zero-order valence-electron chi connectivity index (χ0n) is 10.3. The molecule has 110 valence electrons. The molecule has 0 amide bonds. The summed E-state index contributed by atoms with van der Waals surface area (Å²) in [4.78, 5) is 0. The van der Waals surface area contributed by atoms with E-state index in [9.17, 15) is 13.2 Å². The Labute approximate surface area is 119 Å². The SMILES string of the molecule is Cl.NCCn1cc(-c2cccc(OC(F)(F)F)c2)cn1. The lowest BCUT2D eigenvalue weighted by Gasteiger charge is -2.09. The average molecular weight is 308 g/mol. The summed E-state index contributed by atoms with van der Waals surface area (Å²) in [5, 5.41) is 4.06. The Morgan fingerprint density at radius 2 is 2.00 bits per heavy atom. The van der Waals surface area contributed by atoms with Crippen molar-refractivity contribution in [2.45, 2.75) is 12.9 Å². The molecule has 20 heavy (non-hydrogen) atoms. The number of nitrogens with zero attached hydrogens (tertiary/aromatic N) is 2. The van der Waals surface area contributed by atoms with Gasteiger partial charge < -0.3 is 10.5 Å². The lowest BCUT2D eigenvalue weighted by molar-refractivity contribution is -0.274. The molecule has 1 heterocycles. The Morgan fingerprint density at radius 1 is 1.25 bits per heavy atom. The van der Waals surface area contributed by atoms with Crippen LogP contribution in [-0.4, -0.2) is 22.7 Å². The summed E-state index contributed by atoms with van der Waals surface area (Å²) in [6, 6.07) is 5.75. The molecule has 0 fully saturated rings. The third-order valence-corrected chi connectivity index (χ3v) is 2.39. The zero-order valence-corrected chi connectivity index (χ0v) is 11.1. The van der Waals surface area contributed by atoms with E-state index in [0.717, 1.165) is 0 Å². The highest BCUT2D eigenvalue weighted by molar-refractivity contribution is 5.85. The van der Waals surface area contributed by atoms with Crippen molar-refractivity contribution in [1.29, 1.82) is 0 Å². The van der Waals surface area contributed by atoms with Gasteiger partial charge in [0.1, 0.15) is 5.75 Å². The monoisotopic (exact) mass is 307 g/mol. The van der Waals surface area contributed by atoms with Crippen LogP contribution in [0.15, 0.2) is 36.7 Å². The fourth-order valence-corrected chi connectivity index (χ4v) is 1.64. The van der Waals surface area contributed by atoms with Crippen molar-refractivity contribution < 1.29 is 17.9 Å². The van der Waals surface area contributed by atoms with Crippen LogP contribution in [0.1, 0.15) is 0 Å². The molecule has 0 radical (unpaired) electrons. The van der Waals surface area contributed by atoms with E-state index in [0.29, 0.717) is 24.2 Å². The molecule has 0 unspecified atom stereocenters. The summed E-state index contributed by atoms with van der Waals surface area (Å²) in [6.45, 7) is 0.997. The number of rotatable bonds is 4. The van der Waals surface area contributed by atoms with E-state index in [-0.39, 0.29) is 18.2 Å². The number of benzene rings is 1. The third-order valence-electron chi connectivity index (χ3n) is 2.39. The Balaban J connectivity index is 0.00000200. The Hall–Kier alpha value is -1.73. The van der Waals surface area contributed by atoms with Crippen molar-refractivity contribution >= 4 is 12.4 Å². The number of hydrogen-bond acceptors (Lipinski definition) is 3. The van der Waals surface area contributed by atoms with Gasteiger partial charge in [-0.2, -0.15) is 5.10 Å². The van der Waals surface area contributed by atoms with Gasteiger partial charge in [0.05, 0.1) is 12.7 Å². The van der Waals surface area contributed by atoms with Gasteiger partial charge in [-0.1, -0.05) is 12.1 Å². The van der Waals surface area contributed by atoms with Crippen molar-refractivity contribution in [3.05, 3.63) is 36.7 Å². The standard InChI is InChI=1S/C12H12F3N3O.ClH/c13-12(14,15)19-11-3-1-2-9(6-11)10-7-17-18(8-10)5-4-16;/h1-3,6-8H,4-5,16H2;1H. The van der Waals surface area contributed by atoms with Crippen LogP contribution >= 0.6 is 12.4 Å². The number of ether oxygens (including phenoxy) is 1. The first kappa shape index (κ1) is 16.3. The van der Waals surface area contributed by atoms with Gasteiger partial charge in [0.25, 0.3) is 0 Å². The molecule has 0 saturated carbocycles. The molecule has 0 saturated heterocycles. The van der Waals surface area contributed by atoms with Gasteiger partial charge in [0.2, 0.25) is 0 Å². The minimum Gasteiger partial charge on any atom is -0.406 e. The van der Waals surface area contributed by atoms with Crippen LogP contribution < -0.4 is 10.5 Å². The van der Waals surface area contributed by atoms with E-state index in [1.54, 1.807) is 23.1 Å². The van der Waals surface area contributed by atoms with Crippen LogP contribution in [0.25, 0.3) is 11.1 Å². The van der Waals surface area contributed by atoms with Gasteiger partial charge in [0, 0.05) is 18.3 Å². The van der Waals surface area contributed by atoms with Gasteiger partial charge >= 0.3 is 6.36 Å². The van der Waals surface area contributed by atoms with Crippen molar-refractivity contribution in [2.24, 2.45) is 5.73 Å². The number of halogens is 4. The summed E-state index contributed by atoms with van der Waals surface area (Å²) < 4.78 is 41.9. The second kappa shape index (κ2) is 6.62. The largest absolute Gasteiger partial charge is 0.573 e. The van der Waals surface area contributed by atoms with E-state index in [1.807, 2.05) is 0 Å². The molecule has 0 atom stereocenters. The minimum atomic E-state index is -4.69. The van der Waals surface area contributed by atoms with Crippen LogP contribution in [-0.2, 0) is 6.54 Å². The first-order valence-electron chi connectivity index (χ1n) is 5.56. The molecular formula is C12H13ClF3N3O. The molecule has 2 rings (SSSR count). The number of hydrogen-bond donors (Lipinski definition) is 1. The Kier molecular flexibility index (Phi) is 5.41. The first-order valence-corrected chi connectivity index (χ1v) is 5.56. The lowest BCUT2D eigenvalue weighted by Crippen LogP contribution is -2.17. The highest BCUT2D eigenvalue weighted by Gasteiger charge is 2.31. The molecule has 1 aromatic heterocycles. The highest BCUT2D eigenvalue weighted by atomic mass is 35.5. The van der Waals surface area contributed by atoms with Gasteiger partial charge in [-0.15, -0.1) is 25.6 Å². The molecule has 0 aliphatic rings. The molecule has 0 aliphatic heterocycles. The quantitative estimate of drug-likeness (QED) is 0.945. The molecule has 0 bridgehead atoms. The summed E-state index contributed by atoms with van der Waals surface area (Å²) in [6.07, 6.45) is -1.40. The van der Waals surface area contributed by atoms with Crippen molar-refractivity contribution in [2.75, 3.05) is 6.54 Å². The maximum Gasteiger partial charge on any atom is 0.573 e. The molecular weight excluding hydrogens is 295 g/mol. The predicted octanol–water partition coefficient (Wildman–Crippen LogP) is 2.83. The second-order valence-corrected chi connectivity index (χ2v) is 3.86. The molecule has 2 N–H and O–H groups in total. The lowest BCUT2D eigenvalue weighted by atomic mass is 10.1. The molecule has 8 heteroatoms. The highest BCUT2D eigenvalue weighted by Crippen LogP contribution is 2.27. The van der Waals surface area contributed by atoms with E-state index >= 15 is 0 Å². The number of alkyl halides is 3. The van der Waals surface area contributed by atoms with E-state index in [4.69, 9.17) is 5.73 Å². The van der Waals surface area contributed by atoms with E-state index in [1.165, 1.54) is 18.2 Å². The van der Waals surface area contributed by atoms with Gasteiger partial charge in [0.15, 0.2) is 0 Å². The predicted molar refractivity (Wildman–Crippen MR) is 70.6 cm³/mol. The number of aromatic nitrogens is 2. The van der Waals surface area contributed by atoms with Crippen molar-refractivity contribution in [3.8, 4) is 16.9 Å². The molecule has 1 aromatic carbocycles. The fourth-order valence-electron chi connectivity index (χ4n) is 1.64. The number of nitrogens with two attached hydrogens (primary N) is 1. The second-order valence-electron chi connectivity index (χ2n) is 3.86. The normalized spacial score (nSPS) is 11.0. The zero-order chi connectivity index (χ0) is 13.9. The van der Waals surface area contributed by atoms with Crippen LogP contribution in [0.4, 0.5) is 13.2 Å². The van der Waals surface area contributed by atoms with Crippen LogP contribution in [0.5, 0.6) is 5.75 Å². The van der Waals surface area contributed by atoms with Crippen molar-refractivity contribution in [1.82, 2.24) is 9.78 Å². The van der Waals surface area contributed by atoms with Crippen molar-refractivity contribution in [3.63, 3.8) is 0 Å². The summed E-state index contributed by atoms with van der Waals surface area (Å²) in [5.74, 6) is -0.253. The molecule has 0 spiro atoms. The fraction of sp³-hybridized carbons (Fsp3) is 0.250. The summed E-state index contributed by atoms with van der Waals surface area (Å²) in [5.41, 5.74) is 6.71. The molecule has 4 nitrogen and oxygen atoms in total. The summed E-state index contributed by atoms with van der Waals surface area (Å²) in [7, 11) is 0. The molecule has 0 aliphatic carbocycles. The Bertz CT molecular complexity index is 557. The first-order chi connectivity index (χ1) is 8.98. The van der Waals surface area contributed by atoms with Crippen LogP contribution in [0.2, 0.25) is 0 Å². The van der Waals surface area contributed by atoms with E-state index < -0.39 is 6.36 Å². The Morgan fingerprint density at radius 3 is 2.65 bits per heavy atom. The summed E-state index contributed by atoms with van der Waals surface area (Å²) >= 11 is 0. The third kappa shape index (κ3) is 4.43. The average Bonchev–Trinajstić information content (AvgIpc) is 2.76. The maximum atomic E-state index is 12.1. The van der Waals surface area contributed by atoms with Gasteiger partial charge in [-0.25, -0.2) is 0 Å².